The number of hydrogen-bond donors (Lipinski definition) is 1. The van der Waals surface area contributed by atoms with Gasteiger partial charge in [0.1, 0.15) is 11.6 Å². The Bertz CT molecular complexity index is 637. The molecule has 0 saturated carbocycles. The fourth-order valence-corrected chi connectivity index (χ4v) is 2.24. The second-order valence-electron chi connectivity index (χ2n) is 5.61. The highest BCUT2D eigenvalue weighted by molar-refractivity contribution is 5.81. The van der Waals surface area contributed by atoms with Gasteiger partial charge in [0.15, 0.2) is 6.10 Å². The molecule has 0 unspecified atom stereocenters. The highest BCUT2D eigenvalue weighted by Gasteiger charge is 2.20. The van der Waals surface area contributed by atoms with Gasteiger partial charge in [-0.1, -0.05) is 36.8 Å². The largest absolute Gasteiger partial charge is 0.481 e. The lowest BCUT2D eigenvalue weighted by atomic mass is 10.1. The summed E-state index contributed by atoms with van der Waals surface area (Å²) >= 11 is 0. The molecule has 0 bridgehead atoms. The van der Waals surface area contributed by atoms with Crippen molar-refractivity contribution in [3.8, 4) is 5.75 Å². The van der Waals surface area contributed by atoms with Gasteiger partial charge in [-0.3, -0.25) is 4.79 Å². The number of halogens is 1. The molecular weight excluding hydrogens is 293 g/mol. The molecule has 1 N–H and O–H groups in total. The lowest BCUT2D eigenvalue weighted by Gasteiger charge is -2.21. The first-order chi connectivity index (χ1) is 11.0. The number of aryl methyl sites for hydroxylation is 1. The molecule has 0 radical (unpaired) electrons. The smallest absolute Gasteiger partial charge is 0.261 e. The average molecular weight is 315 g/mol. The van der Waals surface area contributed by atoms with Crippen molar-refractivity contribution in [1.82, 2.24) is 5.32 Å². The summed E-state index contributed by atoms with van der Waals surface area (Å²) < 4.78 is 18.6. The van der Waals surface area contributed by atoms with Crippen molar-refractivity contribution < 1.29 is 13.9 Å². The average Bonchev–Trinajstić information content (AvgIpc) is 2.54. The summed E-state index contributed by atoms with van der Waals surface area (Å²) in [7, 11) is 0. The highest BCUT2D eigenvalue weighted by atomic mass is 19.1. The third kappa shape index (κ3) is 4.81. The van der Waals surface area contributed by atoms with E-state index < -0.39 is 6.10 Å². The van der Waals surface area contributed by atoms with Gasteiger partial charge in [0.2, 0.25) is 0 Å². The molecule has 1 amide bonds. The van der Waals surface area contributed by atoms with Crippen LogP contribution in [0, 0.1) is 12.7 Å². The lowest BCUT2D eigenvalue weighted by molar-refractivity contribution is -0.128. The first kappa shape index (κ1) is 17.0. The number of carbonyl (C=O) groups excluding carboxylic acids is 1. The molecule has 0 fully saturated rings. The van der Waals surface area contributed by atoms with Crippen LogP contribution >= 0.6 is 0 Å². The maximum atomic E-state index is 12.9. The normalized spacial score (nSPS) is 13.2. The van der Waals surface area contributed by atoms with Crippen LogP contribution in [0.4, 0.5) is 4.39 Å². The number of carbonyl (C=O) groups is 1. The zero-order chi connectivity index (χ0) is 16.8. The molecule has 2 aromatic carbocycles. The number of hydrogen-bond acceptors (Lipinski definition) is 2. The zero-order valence-corrected chi connectivity index (χ0v) is 13.7. The Hall–Kier alpha value is -2.36. The fraction of sp³-hybridized carbons (Fsp3) is 0.316. The van der Waals surface area contributed by atoms with Gasteiger partial charge >= 0.3 is 0 Å². The zero-order valence-electron chi connectivity index (χ0n) is 13.7. The van der Waals surface area contributed by atoms with Crippen LogP contribution in [0.25, 0.3) is 0 Å². The number of rotatable bonds is 6. The van der Waals surface area contributed by atoms with Crippen molar-refractivity contribution in [1.29, 1.82) is 0 Å². The molecule has 23 heavy (non-hydrogen) atoms. The first-order valence-electron chi connectivity index (χ1n) is 7.78. The molecule has 0 aliphatic heterocycles. The Morgan fingerprint density at radius 2 is 1.74 bits per heavy atom. The van der Waals surface area contributed by atoms with Crippen molar-refractivity contribution >= 4 is 5.91 Å². The van der Waals surface area contributed by atoms with E-state index in [-0.39, 0.29) is 17.8 Å². The van der Waals surface area contributed by atoms with Crippen molar-refractivity contribution in [3.63, 3.8) is 0 Å². The molecule has 2 rings (SSSR count). The third-order valence-electron chi connectivity index (χ3n) is 3.69. The molecule has 0 aliphatic rings. The second-order valence-corrected chi connectivity index (χ2v) is 5.61. The highest BCUT2D eigenvalue weighted by Crippen LogP contribution is 2.17. The minimum absolute atomic E-state index is 0.103. The maximum Gasteiger partial charge on any atom is 0.261 e. The van der Waals surface area contributed by atoms with Crippen LogP contribution in [0.3, 0.4) is 0 Å². The van der Waals surface area contributed by atoms with Crippen LogP contribution in [-0.4, -0.2) is 12.0 Å². The lowest BCUT2D eigenvalue weighted by Crippen LogP contribution is -2.39. The Morgan fingerprint density at radius 1 is 1.13 bits per heavy atom. The summed E-state index contributed by atoms with van der Waals surface area (Å²) in [5.74, 6) is -0.0240. The van der Waals surface area contributed by atoms with Gasteiger partial charge in [-0.15, -0.1) is 0 Å². The van der Waals surface area contributed by atoms with Gasteiger partial charge in [0, 0.05) is 0 Å². The van der Waals surface area contributed by atoms with Crippen molar-refractivity contribution in [3.05, 3.63) is 65.5 Å². The molecule has 2 aromatic rings. The number of amides is 1. The molecule has 122 valence electrons. The van der Waals surface area contributed by atoms with Gasteiger partial charge in [-0.25, -0.2) is 4.39 Å². The van der Waals surface area contributed by atoms with E-state index in [4.69, 9.17) is 4.74 Å². The number of nitrogens with one attached hydrogen (secondary N) is 1. The van der Waals surface area contributed by atoms with E-state index in [0.717, 1.165) is 5.56 Å². The summed E-state index contributed by atoms with van der Waals surface area (Å²) in [6.45, 7) is 5.84. The van der Waals surface area contributed by atoms with Gasteiger partial charge in [0.05, 0.1) is 6.04 Å². The molecule has 0 aliphatic carbocycles. The molecule has 2 atom stereocenters. The maximum absolute atomic E-state index is 12.9. The van der Waals surface area contributed by atoms with Crippen LogP contribution < -0.4 is 10.1 Å². The molecule has 0 spiro atoms. The van der Waals surface area contributed by atoms with E-state index in [9.17, 15) is 9.18 Å². The Balaban J connectivity index is 1.99. The van der Waals surface area contributed by atoms with Gasteiger partial charge in [-0.2, -0.15) is 0 Å². The molecule has 3 nitrogen and oxygen atoms in total. The summed E-state index contributed by atoms with van der Waals surface area (Å²) in [5.41, 5.74) is 2.22. The van der Waals surface area contributed by atoms with Crippen molar-refractivity contribution in [2.24, 2.45) is 0 Å². The minimum atomic E-state index is -0.603. The van der Waals surface area contributed by atoms with Crippen molar-refractivity contribution in [2.75, 3.05) is 0 Å². The topological polar surface area (TPSA) is 38.3 Å². The Kier molecular flexibility index (Phi) is 5.74. The van der Waals surface area contributed by atoms with E-state index >= 15 is 0 Å². The third-order valence-corrected chi connectivity index (χ3v) is 3.69. The van der Waals surface area contributed by atoms with E-state index in [1.807, 2.05) is 45.0 Å². The van der Waals surface area contributed by atoms with E-state index in [0.29, 0.717) is 12.2 Å². The molecule has 0 saturated heterocycles. The van der Waals surface area contributed by atoms with Gasteiger partial charge < -0.3 is 10.1 Å². The second kappa shape index (κ2) is 7.77. The van der Waals surface area contributed by atoms with Gasteiger partial charge in [-0.05, 0) is 50.1 Å². The van der Waals surface area contributed by atoms with E-state index in [1.54, 1.807) is 0 Å². The van der Waals surface area contributed by atoms with Crippen LogP contribution in [0.5, 0.6) is 5.75 Å². The summed E-state index contributed by atoms with van der Waals surface area (Å²) in [6, 6.07) is 13.6. The minimum Gasteiger partial charge on any atom is -0.481 e. The fourth-order valence-electron chi connectivity index (χ4n) is 2.24. The number of benzene rings is 2. The summed E-state index contributed by atoms with van der Waals surface area (Å²) in [4.78, 5) is 12.4. The monoisotopic (exact) mass is 315 g/mol. The Labute approximate surface area is 136 Å². The molecule has 4 heteroatoms. The number of ether oxygens (including phenoxy) is 1. The summed E-state index contributed by atoms with van der Waals surface area (Å²) in [6.07, 6.45) is -0.0718. The predicted molar refractivity (Wildman–Crippen MR) is 88.8 cm³/mol. The van der Waals surface area contributed by atoms with Crippen LogP contribution in [0.15, 0.2) is 48.5 Å². The van der Waals surface area contributed by atoms with Gasteiger partial charge in [0.25, 0.3) is 5.91 Å². The van der Waals surface area contributed by atoms with E-state index in [2.05, 4.69) is 5.32 Å². The van der Waals surface area contributed by atoms with E-state index in [1.165, 1.54) is 29.8 Å². The molecular formula is C19H22FNO2. The first-order valence-corrected chi connectivity index (χ1v) is 7.78. The van der Waals surface area contributed by atoms with Crippen LogP contribution in [-0.2, 0) is 4.79 Å². The Morgan fingerprint density at radius 3 is 2.30 bits per heavy atom. The molecule has 0 aromatic heterocycles. The summed E-state index contributed by atoms with van der Waals surface area (Å²) in [5, 5.41) is 2.96. The van der Waals surface area contributed by atoms with Crippen molar-refractivity contribution in [2.45, 2.75) is 39.3 Å². The van der Waals surface area contributed by atoms with Crippen LogP contribution in [0.1, 0.15) is 37.4 Å². The molecule has 0 heterocycles. The standard InChI is InChI=1S/C19H22FNO2/c1-4-18(23-17-11-9-16(20)10-12-17)19(22)21-14(3)15-7-5-13(2)6-8-15/h5-12,14,18H,4H2,1-3H3,(H,21,22)/t14-,18+/m0/s1. The quantitative estimate of drug-likeness (QED) is 0.869. The van der Waals surface area contributed by atoms with Crippen LogP contribution in [0.2, 0.25) is 0 Å². The SMILES string of the molecule is CC[C@@H](Oc1ccc(F)cc1)C(=O)N[C@@H](C)c1ccc(C)cc1. The predicted octanol–water partition coefficient (Wildman–Crippen LogP) is 4.17.